The zero-order valence-corrected chi connectivity index (χ0v) is 11.4. The maximum Gasteiger partial charge on any atom is 0.271 e. The smallest absolute Gasteiger partial charge is 0.271 e. The number of nitrogen functional groups attached to an aromatic ring is 1. The van der Waals surface area contributed by atoms with E-state index in [9.17, 15) is 4.79 Å². The molecule has 0 aliphatic heterocycles. The Bertz CT molecular complexity index is 591. The first-order valence-corrected chi connectivity index (χ1v) is 6.39. The maximum atomic E-state index is 12.0. The molecule has 104 valence electrons. The van der Waals surface area contributed by atoms with Gasteiger partial charge in [-0.2, -0.15) is 0 Å². The zero-order chi connectivity index (χ0) is 14.4. The summed E-state index contributed by atoms with van der Waals surface area (Å²) in [7, 11) is 0. The van der Waals surface area contributed by atoms with Crippen molar-refractivity contribution in [3.05, 3.63) is 52.9 Å². The first-order valence-electron chi connectivity index (χ1n) is 6.01. The Labute approximate surface area is 121 Å². The monoisotopic (exact) mass is 291 g/mol. The molecule has 2 heterocycles. The maximum absolute atomic E-state index is 12.0. The third-order valence-electron chi connectivity index (χ3n) is 2.66. The van der Waals surface area contributed by atoms with Crippen molar-refractivity contribution in [3.63, 3.8) is 0 Å². The van der Waals surface area contributed by atoms with Gasteiger partial charge in [0.15, 0.2) is 0 Å². The molecule has 0 unspecified atom stereocenters. The lowest BCUT2D eigenvalue weighted by Gasteiger charge is -2.07. The molecular formula is C13H14ClN5O. The van der Waals surface area contributed by atoms with Gasteiger partial charge < -0.3 is 10.7 Å². The standard InChI is InChI=1S/C13H14ClN5O/c14-10-1-2-11(19-15)18-12(10)13(20)17-8-5-9-3-6-16-7-4-9/h1-4,6-7H,5,8,15H2,(H,17,20)(H,18,19). The predicted molar refractivity (Wildman–Crippen MR) is 77.3 cm³/mol. The van der Waals surface area contributed by atoms with E-state index in [0.717, 1.165) is 5.56 Å². The highest BCUT2D eigenvalue weighted by Gasteiger charge is 2.12. The molecule has 2 aromatic heterocycles. The van der Waals surface area contributed by atoms with Crippen molar-refractivity contribution < 1.29 is 4.79 Å². The van der Waals surface area contributed by atoms with Gasteiger partial charge in [0, 0.05) is 18.9 Å². The fourth-order valence-corrected chi connectivity index (χ4v) is 1.83. The molecule has 0 fully saturated rings. The number of amides is 1. The van der Waals surface area contributed by atoms with Crippen molar-refractivity contribution in [3.8, 4) is 0 Å². The number of hydrogen-bond donors (Lipinski definition) is 3. The highest BCUT2D eigenvalue weighted by atomic mass is 35.5. The Morgan fingerprint density at radius 3 is 2.70 bits per heavy atom. The number of nitrogens with zero attached hydrogens (tertiary/aromatic N) is 2. The van der Waals surface area contributed by atoms with E-state index in [0.29, 0.717) is 18.8 Å². The molecule has 0 atom stereocenters. The van der Waals surface area contributed by atoms with Crippen molar-refractivity contribution in [1.82, 2.24) is 15.3 Å². The van der Waals surface area contributed by atoms with Crippen LogP contribution in [0.1, 0.15) is 16.1 Å². The van der Waals surface area contributed by atoms with Gasteiger partial charge >= 0.3 is 0 Å². The van der Waals surface area contributed by atoms with Crippen LogP contribution in [0.5, 0.6) is 0 Å². The van der Waals surface area contributed by atoms with Crippen molar-refractivity contribution in [2.45, 2.75) is 6.42 Å². The Morgan fingerprint density at radius 1 is 1.25 bits per heavy atom. The molecular weight excluding hydrogens is 278 g/mol. The number of nitrogens with two attached hydrogens (primary N) is 1. The fourth-order valence-electron chi connectivity index (χ4n) is 1.64. The molecule has 0 saturated carbocycles. The summed E-state index contributed by atoms with van der Waals surface area (Å²) in [5, 5.41) is 3.05. The van der Waals surface area contributed by atoms with Crippen LogP contribution < -0.4 is 16.6 Å². The molecule has 6 nitrogen and oxygen atoms in total. The van der Waals surface area contributed by atoms with E-state index in [1.54, 1.807) is 24.5 Å². The molecule has 2 rings (SSSR count). The van der Waals surface area contributed by atoms with Gasteiger partial charge in [0.1, 0.15) is 11.5 Å². The molecule has 0 saturated heterocycles. The SMILES string of the molecule is NNc1ccc(Cl)c(C(=O)NCCc2ccncc2)n1. The first kappa shape index (κ1) is 14.2. The molecule has 0 aliphatic carbocycles. The van der Waals surface area contributed by atoms with Gasteiger partial charge in [0.05, 0.1) is 5.02 Å². The molecule has 0 aliphatic rings. The second-order valence-electron chi connectivity index (χ2n) is 4.03. The van der Waals surface area contributed by atoms with Crippen LogP contribution in [0.4, 0.5) is 5.82 Å². The number of nitrogens with one attached hydrogen (secondary N) is 2. The molecule has 0 bridgehead atoms. The molecule has 0 spiro atoms. The van der Waals surface area contributed by atoms with Crippen LogP contribution in [0.25, 0.3) is 0 Å². The number of carbonyl (C=O) groups is 1. The second kappa shape index (κ2) is 6.83. The number of carbonyl (C=O) groups excluding carboxylic acids is 1. The number of anilines is 1. The largest absolute Gasteiger partial charge is 0.350 e. The van der Waals surface area contributed by atoms with Crippen molar-refractivity contribution in [2.75, 3.05) is 12.0 Å². The minimum atomic E-state index is -0.332. The van der Waals surface area contributed by atoms with Gasteiger partial charge in [0.2, 0.25) is 0 Å². The van der Waals surface area contributed by atoms with Crippen LogP contribution in [0.3, 0.4) is 0 Å². The number of hydrazine groups is 1. The van der Waals surface area contributed by atoms with E-state index in [1.165, 1.54) is 0 Å². The lowest BCUT2D eigenvalue weighted by atomic mass is 10.2. The first-order chi connectivity index (χ1) is 9.70. The Hall–Kier alpha value is -2.18. The topological polar surface area (TPSA) is 92.9 Å². The number of pyridine rings is 2. The quantitative estimate of drug-likeness (QED) is 0.572. The molecule has 1 amide bonds. The van der Waals surface area contributed by atoms with E-state index in [-0.39, 0.29) is 16.6 Å². The summed E-state index contributed by atoms with van der Waals surface area (Å²) in [5.74, 6) is 5.30. The summed E-state index contributed by atoms with van der Waals surface area (Å²) in [5.41, 5.74) is 3.62. The minimum Gasteiger partial charge on any atom is -0.350 e. The highest BCUT2D eigenvalue weighted by Crippen LogP contribution is 2.16. The lowest BCUT2D eigenvalue weighted by Crippen LogP contribution is -2.27. The van der Waals surface area contributed by atoms with Gasteiger partial charge in [-0.15, -0.1) is 0 Å². The summed E-state index contributed by atoms with van der Waals surface area (Å²) in [6, 6.07) is 6.96. The van der Waals surface area contributed by atoms with Crippen LogP contribution in [0, 0.1) is 0 Å². The lowest BCUT2D eigenvalue weighted by molar-refractivity contribution is 0.0949. The summed E-state index contributed by atoms with van der Waals surface area (Å²) >= 11 is 5.94. The number of rotatable bonds is 5. The summed E-state index contributed by atoms with van der Waals surface area (Å²) in [4.78, 5) is 19.9. The Balaban J connectivity index is 1.95. The molecule has 4 N–H and O–H groups in total. The number of hydrogen-bond acceptors (Lipinski definition) is 5. The zero-order valence-electron chi connectivity index (χ0n) is 10.6. The van der Waals surface area contributed by atoms with E-state index in [4.69, 9.17) is 17.4 Å². The molecule has 20 heavy (non-hydrogen) atoms. The molecule has 7 heteroatoms. The van der Waals surface area contributed by atoms with Crippen LogP contribution in [0.2, 0.25) is 5.02 Å². The molecule has 2 aromatic rings. The van der Waals surface area contributed by atoms with E-state index < -0.39 is 0 Å². The van der Waals surface area contributed by atoms with Crippen molar-refractivity contribution >= 4 is 23.3 Å². The van der Waals surface area contributed by atoms with Gasteiger partial charge in [-0.1, -0.05) is 11.6 Å². The average Bonchev–Trinajstić information content (AvgIpc) is 2.48. The van der Waals surface area contributed by atoms with Crippen LogP contribution in [-0.4, -0.2) is 22.4 Å². The summed E-state index contributed by atoms with van der Waals surface area (Å²) in [6.07, 6.45) is 4.14. The average molecular weight is 292 g/mol. The number of aromatic nitrogens is 2. The summed E-state index contributed by atoms with van der Waals surface area (Å²) < 4.78 is 0. The molecule has 0 aromatic carbocycles. The highest BCUT2D eigenvalue weighted by molar-refractivity contribution is 6.33. The predicted octanol–water partition coefficient (Wildman–Crippen LogP) is 1.39. The van der Waals surface area contributed by atoms with E-state index >= 15 is 0 Å². The van der Waals surface area contributed by atoms with Crippen LogP contribution in [-0.2, 0) is 6.42 Å². The van der Waals surface area contributed by atoms with Gasteiger partial charge in [-0.3, -0.25) is 9.78 Å². The van der Waals surface area contributed by atoms with Crippen molar-refractivity contribution in [2.24, 2.45) is 5.84 Å². The van der Waals surface area contributed by atoms with Crippen molar-refractivity contribution in [1.29, 1.82) is 0 Å². The van der Waals surface area contributed by atoms with Crippen LogP contribution in [0.15, 0.2) is 36.7 Å². The normalized spacial score (nSPS) is 10.1. The third-order valence-corrected chi connectivity index (χ3v) is 2.96. The Morgan fingerprint density at radius 2 is 2.00 bits per heavy atom. The minimum absolute atomic E-state index is 0.150. The van der Waals surface area contributed by atoms with Gasteiger partial charge in [-0.25, -0.2) is 10.8 Å². The third kappa shape index (κ3) is 3.66. The summed E-state index contributed by atoms with van der Waals surface area (Å²) in [6.45, 7) is 0.487. The fraction of sp³-hybridized carbons (Fsp3) is 0.154. The Kier molecular flexibility index (Phi) is 4.86. The van der Waals surface area contributed by atoms with Gasteiger partial charge in [-0.05, 0) is 36.2 Å². The van der Waals surface area contributed by atoms with E-state index in [1.807, 2.05) is 12.1 Å². The van der Waals surface area contributed by atoms with Gasteiger partial charge in [0.25, 0.3) is 5.91 Å². The number of halogens is 1. The van der Waals surface area contributed by atoms with E-state index in [2.05, 4.69) is 20.7 Å². The second-order valence-corrected chi connectivity index (χ2v) is 4.44. The molecule has 0 radical (unpaired) electrons. The van der Waals surface area contributed by atoms with Crippen LogP contribution >= 0.6 is 11.6 Å².